The van der Waals surface area contributed by atoms with Crippen LogP contribution in [-0.2, 0) is 14.8 Å². The number of hydrogen-bond donors (Lipinski definition) is 2. The Hall–Kier alpha value is -1.40. The van der Waals surface area contributed by atoms with Gasteiger partial charge in [-0.3, -0.25) is 4.79 Å². The Morgan fingerprint density at radius 1 is 1.26 bits per heavy atom. The summed E-state index contributed by atoms with van der Waals surface area (Å²) < 4.78 is 26.8. The first kappa shape index (κ1) is 14.0. The molecule has 0 aliphatic heterocycles. The van der Waals surface area contributed by atoms with Crippen molar-refractivity contribution in [3.63, 3.8) is 0 Å². The minimum absolute atomic E-state index is 0.175. The second-order valence-corrected chi connectivity index (χ2v) is 6.63. The largest absolute Gasteiger partial charge is 0.481 e. The number of carboxylic acid groups (broad SMARTS) is 1. The molecule has 1 saturated carbocycles. The van der Waals surface area contributed by atoms with Crippen molar-refractivity contribution < 1.29 is 18.3 Å². The van der Waals surface area contributed by atoms with Gasteiger partial charge in [-0.05, 0) is 31.9 Å². The number of hydrogen-bond acceptors (Lipinski definition) is 3. The van der Waals surface area contributed by atoms with E-state index in [0.717, 1.165) is 12.0 Å². The fraction of sp³-hybridized carbons (Fsp3) is 0.462. The van der Waals surface area contributed by atoms with Gasteiger partial charge in [0, 0.05) is 6.04 Å². The highest BCUT2D eigenvalue weighted by Crippen LogP contribution is 2.27. The summed E-state index contributed by atoms with van der Waals surface area (Å²) in [5, 5.41) is 9.05. The average Bonchev–Trinajstić information content (AvgIpc) is 2.77. The fourth-order valence-electron chi connectivity index (χ4n) is 2.38. The van der Waals surface area contributed by atoms with Crippen molar-refractivity contribution in [1.82, 2.24) is 4.72 Å². The second-order valence-electron chi connectivity index (χ2n) is 4.92. The molecule has 19 heavy (non-hydrogen) atoms. The van der Waals surface area contributed by atoms with E-state index in [-0.39, 0.29) is 4.90 Å². The van der Waals surface area contributed by atoms with E-state index in [2.05, 4.69) is 4.72 Å². The van der Waals surface area contributed by atoms with Crippen molar-refractivity contribution in [1.29, 1.82) is 0 Å². The maximum absolute atomic E-state index is 12.2. The predicted octanol–water partition coefficient (Wildman–Crippen LogP) is 1.53. The van der Waals surface area contributed by atoms with Crippen LogP contribution in [-0.4, -0.2) is 25.5 Å². The molecule has 104 valence electrons. The van der Waals surface area contributed by atoms with Crippen LogP contribution < -0.4 is 4.72 Å². The molecule has 2 N–H and O–H groups in total. The lowest BCUT2D eigenvalue weighted by atomic mass is 10.1. The average molecular weight is 283 g/mol. The van der Waals surface area contributed by atoms with Crippen molar-refractivity contribution in [2.75, 3.05) is 0 Å². The van der Waals surface area contributed by atoms with Gasteiger partial charge in [0.05, 0.1) is 10.8 Å². The molecule has 1 aromatic rings. The molecule has 0 amide bonds. The van der Waals surface area contributed by atoms with Crippen LogP contribution in [0.15, 0.2) is 29.2 Å². The van der Waals surface area contributed by atoms with Crippen LogP contribution in [0.5, 0.6) is 0 Å². The summed E-state index contributed by atoms with van der Waals surface area (Å²) in [6.07, 6.45) is 1.83. The molecular weight excluding hydrogens is 266 g/mol. The van der Waals surface area contributed by atoms with Crippen LogP contribution in [0.2, 0.25) is 0 Å². The molecule has 0 aromatic heterocycles. The first-order valence-electron chi connectivity index (χ1n) is 6.22. The topological polar surface area (TPSA) is 83.5 Å². The maximum Gasteiger partial charge on any atom is 0.308 e. The number of benzene rings is 1. The van der Waals surface area contributed by atoms with Crippen molar-refractivity contribution in [2.45, 2.75) is 37.1 Å². The van der Waals surface area contributed by atoms with Crippen LogP contribution in [0.1, 0.15) is 24.8 Å². The molecule has 2 atom stereocenters. The van der Waals surface area contributed by atoms with E-state index >= 15 is 0 Å². The Kier molecular flexibility index (Phi) is 3.91. The first-order chi connectivity index (χ1) is 8.90. The predicted molar refractivity (Wildman–Crippen MR) is 70.3 cm³/mol. The molecule has 1 aliphatic rings. The second kappa shape index (κ2) is 5.30. The SMILES string of the molecule is Cc1ccc(S(=O)(=O)N[C@@H]2CCC[C@H]2C(=O)O)cc1. The van der Waals surface area contributed by atoms with Gasteiger partial charge >= 0.3 is 5.97 Å². The summed E-state index contributed by atoms with van der Waals surface area (Å²) in [5.74, 6) is -1.56. The third-order valence-corrected chi connectivity index (χ3v) is 4.98. The quantitative estimate of drug-likeness (QED) is 0.877. The van der Waals surface area contributed by atoms with E-state index in [1.165, 1.54) is 12.1 Å². The minimum Gasteiger partial charge on any atom is -0.481 e. The molecule has 6 heteroatoms. The van der Waals surface area contributed by atoms with Gasteiger partial charge in [0.2, 0.25) is 10.0 Å². The fourth-order valence-corrected chi connectivity index (χ4v) is 3.69. The van der Waals surface area contributed by atoms with Crippen LogP contribution in [0.3, 0.4) is 0 Å². The zero-order valence-electron chi connectivity index (χ0n) is 10.7. The highest BCUT2D eigenvalue weighted by atomic mass is 32.2. The van der Waals surface area contributed by atoms with Gasteiger partial charge in [0.15, 0.2) is 0 Å². The number of nitrogens with one attached hydrogen (secondary N) is 1. The Balaban J connectivity index is 2.17. The molecule has 0 bridgehead atoms. The maximum atomic E-state index is 12.2. The van der Waals surface area contributed by atoms with Gasteiger partial charge < -0.3 is 5.11 Å². The number of rotatable bonds is 4. The Morgan fingerprint density at radius 3 is 2.47 bits per heavy atom. The van der Waals surface area contributed by atoms with Gasteiger partial charge in [-0.2, -0.15) is 0 Å². The molecule has 0 unspecified atom stereocenters. The monoisotopic (exact) mass is 283 g/mol. The Morgan fingerprint density at radius 2 is 1.89 bits per heavy atom. The van der Waals surface area contributed by atoms with Gasteiger partial charge in [-0.25, -0.2) is 13.1 Å². The molecule has 1 aliphatic carbocycles. The normalized spacial score (nSPS) is 23.4. The lowest BCUT2D eigenvalue weighted by molar-refractivity contribution is -0.141. The number of sulfonamides is 1. The summed E-state index contributed by atoms with van der Waals surface area (Å²) in [4.78, 5) is 11.2. The highest BCUT2D eigenvalue weighted by molar-refractivity contribution is 7.89. The van der Waals surface area contributed by atoms with Crippen LogP contribution in [0.25, 0.3) is 0 Å². The lowest BCUT2D eigenvalue weighted by Crippen LogP contribution is -2.40. The van der Waals surface area contributed by atoms with Gasteiger partial charge in [0.1, 0.15) is 0 Å². The van der Waals surface area contributed by atoms with E-state index in [9.17, 15) is 13.2 Å². The van der Waals surface area contributed by atoms with Crippen LogP contribution in [0.4, 0.5) is 0 Å². The summed E-state index contributed by atoms with van der Waals surface area (Å²) in [6.45, 7) is 1.88. The molecular formula is C13H17NO4S. The zero-order chi connectivity index (χ0) is 14.0. The molecule has 0 saturated heterocycles. The zero-order valence-corrected chi connectivity index (χ0v) is 11.5. The summed E-state index contributed by atoms with van der Waals surface area (Å²) >= 11 is 0. The van der Waals surface area contributed by atoms with Crippen LogP contribution in [0, 0.1) is 12.8 Å². The van der Waals surface area contributed by atoms with Gasteiger partial charge in [-0.15, -0.1) is 0 Å². The molecule has 5 nitrogen and oxygen atoms in total. The minimum atomic E-state index is -3.64. The highest BCUT2D eigenvalue weighted by Gasteiger charge is 2.35. The summed E-state index contributed by atoms with van der Waals surface area (Å²) in [5.41, 5.74) is 0.975. The van der Waals surface area contributed by atoms with E-state index in [1.54, 1.807) is 12.1 Å². The molecule has 0 heterocycles. The summed E-state index contributed by atoms with van der Waals surface area (Å²) in [7, 11) is -3.64. The number of carbonyl (C=O) groups is 1. The van der Waals surface area contributed by atoms with Crippen molar-refractivity contribution in [3.8, 4) is 0 Å². The standard InChI is InChI=1S/C13H17NO4S/c1-9-5-7-10(8-6-9)19(17,18)14-12-4-2-3-11(12)13(15)16/h5-8,11-12,14H,2-4H2,1H3,(H,15,16)/t11-,12-/m1/s1. The Bertz CT molecular complexity index is 565. The first-order valence-corrected chi connectivity index (χ1v) is 7.70. The van der Waals surface area contributed by atoms with E-state index in [0.29, 0.717) is 12.8 Å². The van der Waals surface area contributed by atoms with Gasteiger partial charge in [0.25, 0.3) is 0 Å². The number of aliphatic carboxylic acids is 1. The number of aryl methyl sites for hydroxylation is 1. The molecule has 1 aromatic carbocycles. The van der Waals surface area contributed by atoms with E-state index < -0.39 is 28.0 Å². The third-order valence-electron chi connectivity index (χ3n) is 3.47. The molecule has 1 fully saturated rings. The van der Waals surface area contributed by atoms with Gasteiger partial charge in [-0.1, -0.05) is 24.1 Å². The van der Waals surface area contributed by atoms with E-state index in [4.69, 9.17) is 5.11 Å². The lowest BCUT2D eigenvalue weighted by Gasteiger charge is -2.17. The smallest absolute Gasteiger partial charge is 0.308 e. The molecule has 0 spiro atoms. The van der Waals surface area contributed by atoms with Crippen molar-refractivity contribution >= 4 is 16.0 Å². The number of carboxylic acids is 1. The molecule has 0 radical (unpaired) electrons. The van der Waals surface area contributed by atoms with Crippen LogP contribution >= 0.6 is 0 Å². The third kappa shape index (κ3) is 3.13. The van der Waals surface area contributed by atoms with Crippen molar-refractivity contribution in [3.05, 3.63) is 29.8 Å². The Labute approximate surface area is 112 Å². The molecule has 2 rings (SSSR count). The van der Waals surface area contributed by atoms with E-state index in [1.807, 2.05) is 6.92 Å². The van der Waals surface area contributed by atoms with Crippen molar-refractivity contribution in [2.24, 2.45) is 5.92 Å². The summed E-state index contributed by atoms with van der Waals surface area (Å²) in [6, 6.07) is 5.99.